The minimum Gasteiger partial charge on any atom is -0.464 e. The zero-order chi connectivity index (χ0) is 20.1. The SMILES string of the molecule is CCOP(=O)(OCC)C(Nc1ccc(C)cc1)c1coc2ccccc2c1=O. The molecule has 0 bridgehead atoms. The molecule has 0 aliphatic heterocycles. The topological polar surface area (TPSA) is 77.8 Å². The summed E-state index contributed by atoms with van der Waals surface area (Å²) in [5.41, 5.74) is 2.18. The van der Waals surface area contributed by atoms with Crippen LogP contribution in [0.5, 0.6) is 0 Å². The monoisotopic (exact) mass is 401 g/mol. The van der Waals surface area contributed by atoms with Crippen LogP contribution in [0, 0.1) is 6.92 Å². The highest BCUT2D eigenvalue weighted by Crippen LogP contribution is 2.60. The Labute approximate surface area is 164 Å². The number of anilines is 1. The molecular formula is C21H24NO5P. The van der Waals surface area contributed by atoms with Gasteiger partial charge < -0.3 is 18.8 Å². The Morgan fingerprint density at radius 1 is 1.04 bits per heavy atom. The van der Waals surface area contributed by atoms with Gasteiger partial charge in [-0.2, -0.15) is 0 Å². The van der Waals surface area contributed by atoms with Gasteiger partial charge in [0.25, 0.3) is 0 Å². The van der Waals surface area contributed by atoms with Crippen LogP contribution in [0.3, 0.4) is 0 Å². The smallest absolute Gasteiger partial charge is 0.357 e. The van der Waals surface area contributed by atoms with Gasteiger partial charge in [0.2, 0.25) is 0 Å². The van der Waals surface area contributed by atoms with Crippen LogP contribution in [0.25, 0.3) is 11.0 Å². The molecule has 3 rings (SSSR count). The maximum atomic E-state index is 13.6. The molecule has 1 atom stereocenters. The summed E-state index contributed by atoms with van der Waals surface area (Å²) in [6.07, 6.45) is 1.33. The molecule has 1 N–H and O–H groups in total. The fraction of sp³-hybridized carbons (Fsp3) is 0.286. The van der Waals surface area contributed by atoms with Crippen LogP contribution in [0.15, 0.2) is 64.0 Å². The van der Waals surface area contributed by atoms with E-state index < -0.39 is 13.4 Å². The first-order valence-electron chi connectivity index (χ1n) is 9.21. The van der Waals surface area contributed by atoms with E-state index in [9.17, 15) is 9.36 Å². The molecule has 0 radical (unpaired) electrons. The standard InChI is InChI=1S/C21H24NO5P/c1-4-26-28(24,27-5-2)21(22-16-12-10-15(3)11-13-16)18-14-25-19-9-7-6-8-17(19)20(18)23/h6-14,21-22H,4-5H2,1-3H3. The third-order valence-corrected chi connectivity index (χ3v) is 6.57. The first-order valence-corrected chi connectivity index (χ1v) is 10.8. The summed E-state index contributed by atoms with van der Waals surface area (Å²) >= 11 is 0. The van der Waals surface area contributed by atoms with E-state index in [1.165, 1.54) is 6.26 Å². The minimum absolute atomic E-state index is 0.183. The Balaban J connectivity index is 2.15. The third-order valence-electron chi connectivity index (χ3n) is 4.29. The van der Waals surface area contributed by atoms with Crippen molar-refractivity contribution >= 4 is 24.3 Å². The highest BCUT2D eigenvalue weighted by Gasteiger charge is 2.39. The molecule has 0 aliphatic rings. The molecule has 0 saturated carbocycles. The fourth-order valence-corrected chi connectivity index (χ4v) is 4.88. The van der Waals surface area contributed by atoms with Crippen molar-refractivity contribution in [3.63, 3.8) is 0 Å². The van der Waals surface area contributed by atoms with Crippen LogP contribution < -0.4 is 10.7 Å². The zero-order valence-corrected chi connectivity index (χ0v) is 17.1. The van der Waals surface area contributed by atoms with E-state index in [0.717, 1.165) is 5.56 Å². The van der Waals surface area contributed by atoms with E-state index >= 15 is 0 Å². The molecule has 2 aromatic carbocycles. The van der Waals surface area contributed by atoms with Crippen molar-refractivity contribution in [2.24, 2.45) is 0 Å². The molecule has 6 nitrogen and oxygen atoms in total. The molecule has 0 aliphatic carbocycles. The Morgan fingerprint density at radius 3 is 2.32 bits per heavy atom. The van der Waals surface area contributed by atoms with Crippen LogP contribution >= 0.6 is 7.60 Å². The third kappa shape index (κ3) is 4.20. The van der Waals surface area contributed by atoms with E-state index in [1.54, 1.807) is 38.1 Å². The van der Waals surface area contributed by atoms with Gasteiger partial charge in [-0.05, 0) is 45.0 Å². The van der Waals surface area contributed by atoms with Gasteiger partial charge in [-0.15, -0.1) is 0 Å². The predicted octanol–water partition coefficient (Wildman–Crippen LogP) is 5.48. The molecule has 3 aromatic rings. The fourth-order valence-electron chi connectivity index (χ4n) is 2.96. The van der Waals surface area contributed by atoms with E-state index in [1.807, 2.05) is 31.2 Å². The number of para-hydroxylation sites is 1. The lowest BCUT2D eigenvalue weighted by Crippen LogP contribution is -2.22. The van der Waals surface area contributed by atoms with Crippen molar-refractivity contribution < 1.29 is 18.0 Å². The van der Waals surface area contributed by atoms with E-state index in [0.29, 0.717) is 16.7 Å². The molecule has 1 unspecified atom stereocenters. The maximum Gasteiger partial charge on any atom is 0.357 e. The average molecular weight is 401 g/mol. The Morgan fingerprint density at radius 2 is 1.68 bits per heavy atom. The number of aryl methyl sites for hydroxylation is 1. The second-order valence-electron chi connectivity index (χ2n) is 6.30. The summed E-state index contributed by atoms with van der Waals surface area (Å²) in [4.78, 5) is 13.1. The van der Waals surface area contributed by atoms with Crippen molar-refractivity contribution in [3.8, 4) is 0 Å². The molecule has 0 saturated heterocycles. The average Bonchev–Trinajstić information content (AvgIpc) is 2.69. The second-order valence-corrected chi connectivity index (χ2v) is 8.42. The Kier molecular flexibility index (Phi) is 6.35. The first-order chi connectivity index (χ1) is 13.5. The molecule has 1 aromatic heterocycles. The molecule has 1 heterocycles. The van der Waals surface area contributed by atoms with Gasteiger partial charge in [0.15, 0.2) is 11.2 Å². The minimum atomic E-state index is -3.70. The van der Waals surface area contributed by atoms with Crippen LogP contribution in [0.2, 0.25) is 0 Å². The van der Waals surface area contributed by atoms with Crippen LogP contribution in [0.1, 0.15) is 30.8 Å². The van der Waals surface area contributed by atoms with E-state index in [2.05, 4.69) is 5.32 Å². The number of fused-ring (bicyclic) bond motifs is 1. The highest BCUT2D eigenvalue weighted by atomic mass is 31.2. The van der Waals surface area contributed by atoms with Gasteiger partial charge in [0.05, 0.1) is 24.2 Å². The van der Waals surface area contributed by atoms with Gasteiger partial charge in [-0.3, -0.25) is 9.36 Å². The summed E-state index contributed by atoms with van der Waals surface area (Å²) < 4.78 is 30.3. The number of hydrogen-bond acceptors (Lipinski definition) is 6. The maximum absolute atomic E-state index is 13.6. The van der Waals surface area contributed by atoms with Gasteiger partial charge in [-0.1, -0.05) is 29.8 Å². The zero-order valence-electron chi connectivity index (χ0n) is 16.2. The molecule has 0 amide bonds. The van der Waals surface area contributed by atoms with E-state index in [-0.39, 0.29) is 24.2 Å². The highest BCUT2D eigenvalue weighted by molar-refractivity contribution is 7.54. The van der Waals surface area contributed by atoms with Crippen molar-refractivity contribution in [2.75, 3.05) is 18.5 Å². The first kappa shape index (κ1) is 20.3. The summed E-state index contributed by atoms with van der Waals surface area (Å²) in [6, 6.07) is 14.5. The summed E-state index contributed by atoms with van der Waals surface area (Å²) in [5.74, 6) is -1.00. The van der Waals surface area contributed by atoms with Crippen LogP contribution in [0.4, 0.5) is 5.69 Å². The van der Waals surface area contributed by atoms with E-state index in [4.69, 9.17) is 13.5 Å². The van der Waals surface area contributed by atoms with Crippen molar-refractivity contribution in [2.45, 2.75) is 26.6 Å². The second kappa shape index (κ2) is 8.74. The summed E-state index contributed by atoms with van der Waals surface area (Å²) in [6.45, 7) is 5.81. The van der Waals surface area contributed by atoms with Gasteiger partial charge in [-0.25, -0.2) is 0 Å². The van der Waals surface area contributed by atoms with Gasteiger partial charge in [0, 0.05) is 5.69 Å². The Hall–Kier alpha value is -2.40. The lowest BCUT2D eigenvalue weighted by atomic mass is 10.1. The summed E-state index contributed by atoms with van der Waals surface area (Å²) in [7, 11) is -3.70. The van der Waals surface area contributed by atoms with Crippen molar-refractivity contribution in [3.05, 3.63) is 76.1 Å². The largest absolute Gasteiger partial charge is 0.464 e. The number of rotatable bonds is 8. The number of benzene rings is 2. The molecule has 7 heteroatoms. The molecule has 0 fully saturated rings. The van der Waals surface area contributed by atoms with Crippen molar-refractivity contribution in [1.82, 2.24) is 0 Å². The normalized spacial score (nSPS) is 12.8. The lowest BCUT2D eigenvalue weighted by molar-refractivity contribution is 0.214. The Bertz CT molecular complexity index is 1030. The number of hydrogen-bond donors (Lipinski definition) is 1. The van der Waals surface area contributed by atoms with Gasteiger partial charge >= 0.3 is 7.60 Å². The lowest BCUT2D eigenvalue weighted by Gasteiger charge is -2.27. The molecule has 0 spiro atoms. The van der Waals surface area contributed by atoms with Crippen molar-refractivity contribution in [1.29, 1.82) is 0 Å². The number of nitrogens with one attached hydrogen (secondary N) is 1. The molecular weight excluding hydrogens is 377 g/mol. The predicted molar refractivity (Wildman–Crippen MR) is 111 cm³/mol. The van der Waals surface area contributed by atoms with Crippen LogP contribution in [-0.2, 0) is 13.6 Å². The molecule has 148 valence electrons. The summed E-state index contributed by atoms with van der Waals surface area (Å²) in [5, 5.41) is 3.58. The van der Waals surface area contributed by atoms with Crippen LogP contribution in [-0.4, -0.2) is 13.2 Å². The van der Waals surface area contributed by atoms with Gasteiger partial charge in [0.1, 0.15) is 11.8 Å². The quantitative estimate of drug-likeness (QED) is 0.504. The molecule has 28 heavy (non-hydrogen) atoms.